The molecule has 0 aliphatic rings. The molecule has 0 atom stereocenters. The highest BCUT2D eigenvalue weighted by molar-refractivity contribution is 7.99. The molecule has 4 heteroatoms. The number of benzene rings is 1. The van der Waals surface area contributed by atoms with Gasteiger partial charge in [-0.2, -0.15) is 0 Å². The second-order valence-corrected chi connectivity index (χ2v) is 3.78. The number of ether oxygens (including phenoxy) is 1. The number of hydrogen-bond donors (Lipinski definition) is 0. The molecule has 0 heterocycles. The standard InChI is InChI=1S/C10H11FO2S/c1-13-4-5-14-10-3-2-9(11)6-8(10)7-12/h2-3,6-7H,4-5H2,1H3. The summed E-state index contributed by atoms with van der Waals surface area (Å²) < 4.78 is 17.6. The van der Waals surface area contributed by atoms with Gasteiger partial charge in [-0.3, -0.25) is 4.79 Å². The average molecular weight is 214 g/mol. The van der Waals surface area contributed by atoms with Gasteiger partial charge in [0.25, 0.3) is 0 Å². The Morgan fingerprint density at radius 1 is 1.57 bits per heavy atom. The van der Waals surface area contributed by atoms with Crippen molar-refractivity contribution in [3.8, 4) is 0 Å². The Kier molecular flexibility index (Phi) is 4.62. The average Bonchev–Trinajstić information content (AvgIpc) is 2.20. The van der Waals surface area contributed by atoms with Gasteiger partial charge in [0, 0.05) is 23.3 Å². The molecule has 1 aromatic rings. The van der Waals surface area contributed by atoms with Crippen LogP contribution in [-0.4, -0.2) is 25.8 Å². The lowest BCUT2D eigenvalue weighted by Crippen LogP contribution is -1.93. The maximum absolute atomic E-state index is 12.7. The van der Waals surface area contributed by atoms with E-state index in [2.05, 4.69) is 0 Å². The first kappa shape index (κ1) is 11.2. The lowest BCUT2D eigenvalue weighted by atomic mass is 10.2. The predicted octanol–water partition coefficient (Wildman–Crippen LogP) is 2.38. The highest BCUT2D eigenvalue weighted by atomic mass is 32.2. The zero-order valence-electron chi connectivity index (χ0n) is 7.83. The highest BCUT2D eigenvalue weighted by Crippen LogP contribution is 2.22. The van der Waals surface area contributed by atoms with Crippen LogP contribution in [0, 0.1) is 5.82 Å². The fourth-order valence-electron chi connectivity index (χ4n) is 0.978. The summed E-state index contributed by atoms with van der Waals surface area (Å²) in [5, 5.41) is 0. The number of aldehydes is 1. The molecule has 0 spiro atoms. The van der Waals surface area contributed by atoms with Crippen LogP contribution in [0.3, 0.4) is 0 Å². The molecule has 0 amide bonds. The van der Waals surface area contributed by atoms with E-state index in [9.17, 15) is 9.18 Å². The summed E-state index contributed by atoms with van der Waals surface area (Å²) in [6.07, 6.45) is 0.665. The summed E-state index contributed by atoms with van der Waals surface area (Å²) in [5.74, 6) is 0.367. The SMILES string of the molecule is COCCSc1ccc(F)cc1C=O. The Morgan fingerprint density at radius 2 is 2.36 bits per heavy atom. The number of carbonyl (C=O) groups excluding carboxylic acids is 1. The minimum atomic E-state index is -0.386. The highest BCUT2D eigenvalue weighted by Gasteiger charge is 2.03. The van der Waals surface area contributed by atoms with Gasteiger partial charge in [0.1, 0.15) is 5.82 Å². The van der Waals surface area contributed by atoms with Gasteiger partial charge < -0.3 is 4.74 Å². The summed E-state index contributed by atoms with van der Waals surface area (Å²) in [4.78, 5) is 11.4. The van der Waals surface area contributed by atoms with Crippen LogP contribution in [0.1, 0.15) is 10.4 Å². The first-order valence-corrected chi connectivity index (χ1v) is 5.13. The van der Waals surface area contributed by atoms with E-state index in [0.717, 1.165) is 10.6 Å². The number of methoxy groups -OCH3 is 1. The third-order valence-corrected chi connectivity index (χ3v) is 2.70. The molecule has 0 unspecified atom stereocenters. The molecule has 1 rings (SSSR count). The van der Waals surface area contributed by atoms with Gasteiger partial charge in [0.05, 0.1) is 6.61 Å². The van der Waals surface area contributed by atoms with Gasteiger partial charge in [-0.05, 0) is 18.2 Å². The van der Waals surface area contributed by atoms with Crippen molar-refractivity contribution in [1.29, 1.82) is 0 Å². The summed E-state index contributed by atoms with van der Waals surface area (Å²) >= 11 is 1.48. The first-order valence-electron chi connectivity index (χ1n) is 4.14. The van der Waals surface area contributed by atoms with Gasteiger partial charge in [-0.15, -0.1) is 11.8 Å². The maximum Gasteiger partial charge on any atom is 0.151 e. The minimum Gasteiger partial charge on any atom is -0.384 e. The van der Waals surface area contributed by atoms with Gasteiger partial charge in [-0.1, -0.05) is 0 Å². The van der Waals surface area contributed by atoms with Crippen LogP contribution >= 0.6 is 11.8 Å². The van der Waals surface area contributed by atoms with E-state index in [1.54, 1.807) is 13.2 Å². The topological polar surface area (TPSA) is 26.3 Å². The number of hydrogen-bond acceptors (Lipinski definition) is 3. The van der Waals surface area contributed by atoms with Gasteiger partial charge >= 0.3 is 0 Å². The number of halogens is 1. The quantitative estimate of drug-likeness (QED) is 0.427. The van der Waals surface area contributed by atoms with Crippen LogP contribution in [0.5, 0.6) is 0 Å². The molecule has 0 N–H and O–H groups in total. The van der Waals surface area contributed by atoms with Crippen molar-refractivity contribution in [2.75, 3.05) is 19.5 Å². The molecule has 0 aromatic heterocycles. The Balaban J connectivity index is 2.70. The first-order chi connectivity index (χ1) is 6.77. The molecule has 2 nitrogen and oxygen atoms in total. The van der Waals surface area contributed by atoms with E-state index in [4.69, 9.17) is 4.74 Å². The van der Waals surface area contributed by atoms with Crippen LogP contribution in [0.4, 0.5) is 4.39 Å². The molecule has 0 radical (unpaired) electrons. The van der Waals surface area contributed by atoms with Crippen LogP contribution < -0.4 is 0 Å². The zero-order chi connectivity index (χ0) is 10.4. The monoisotopic (exact) mass is 214 g/mol. The lowest BCUT2D eigenvalue weighted by Gasteiger charge is -2.03. The zero-order valence-corrected chi connectivity index (χ0v) is 8.64. The van der Waals surface area contributed by atoms with E-state index in [1.807, 2.05) is 0 Å². The van der Waals surface area contributed by atoms with Crippen molar-refractivity contribution in [1.82, 2.24) is 0 Å². The molecule has 0 saturated heterocycles. The largest absolute Gasteiger partial charge is 0.384 e. The summed E-state index contributed by atoms with van der Waals surface area (Å²) in [5.41, 5.74) is 0.395. The van der Waals surface area contributed by atoms with Crippen LogP contribution in [0.2, 0.25) is 0 Å². The van der Waals surface area contributed by atoms with Gasteiger partial charge in [0.2, 0.25) is 0 Å². The Hall–Kier alpha value is -0.870. The van der Waals surface area contributed by atoms with Crippen LogP contribution in [0.15, 0.2) is 23.1 Å². The second kappa shape index (κ2) is 5.78. The normalized spacial score (nSPS) is 10.1. The molecule has 1 aromatic carbocycles. The van der Waals surface area contributed by atoms with Crippen molar-refractivity contribution in [3.63, 3.8) is 0 Å². The molecule has 0 aliphatic carbocycles. The Morgan fingerprint density at radius 3 is 3.00 bits per heavy atom. The molecular weight excluding hydrogens is 203 g/mol. The van der Waals surface area contributed by atoms with E-state index < -0.39 is 0 Å². The van der Waals surface area contributed by atoms with E-state index in [1.165, 1.54) is 23.9 Å². The molecule has 76 valence electrons. The van der Waals surface area contributed by atoms with Crippen molar-refractivity contribution in [3.05, 3.63) is 29.6 Å². The van der Waals surface area contributed by atoms with Crippen LogP contribution in [0.25, 0.3) is 0 Å². The Labute approximate surface area is 86.5 Å². The fourth-order valence-corrected chi connectivity index (χ4v) is 1.89. The summed E-state index contributed by atoms with van der Waals surface area (Å²) in [6.45, 7) is 0.611. The fraction of sp³-hybridized carbons (Fsp3) is 0.300. The molecular formula is C10H11FO2S. The Bertz CT molecular complexity index is 315. The van der Waals surface area contributed by atoms with Crippen molar-refractivity contribution in [2.45, 2.75) is 4.90 Å². The second-order valence-electron chi connectivity index (χ2n) is 2.64. The van der Waals surface area contributed by atoms with Gasteiger partial charge in [-0.25, -0.2) is 4.39 Å². The third kappa shape index (κ3) is 3.12. The number of thioether (sulfide) groups is 1. The maximum atomic E-state index is 12.7. The summed E-state index contributed by atoms with van der Waals surface area (Å²) in [6, 6.07) is 4.20. The number of rotatable bonds is 5. The molecule has 0 aliphatic heterocycles. The summed E-state index contributed by atoms with van der Waals surface area (Å²) in [7, 11) is 1.62. The van der Waals surface area contributed by atoms with Crippen LogP contribution in [-0.2, 0) is 4.74 Å². The third-order valence-electron chi connectivity index (χ3n) is 1.64. The minimum absolute atomic E-state index is 0.386. The van der Waals surface area contributed by atoms with E-state index in [-0.39, 0.29) is 5.82 Å². The van der Waals surface area contributed by atoms with Crippen molar-refractivity contribution < 1.29 is 13.9 Å². The van der Waals surface area contributed by atoms with Crippen molar-refractivity contribution >= 4 is 18.0 Å². The molecule has 0 bridgehead atoms. The molecule has 0 fully saturated rings. The lowest BCUT2D eigenvalue weighted by molar-refractivity contribution is 0.112. The van der Waals surface area contributed by atoms with Gasteiger partial charge in [0.15, 0.2) is 6.29 Å². The molecule has 14 heavy (non-hydrogen) atoms. The predicted molar refractivity (Wildman–Crippen MR) is 54.4 cm³/mol. The van der Waals surface area contributed by atoms with Crippen molar-refractivity contribution in [2.24, 2.45) is 0 Å². The smallest absolute Gasteiger partial charge is 0.151 e. The molecule has 0 saturated carbocycles. The number of carbonyl (C=O) groups is 1. The van der Waals surface area contributed by atoms with E-state index in [0.29, 0.717) is 18.5 Å². The van der Waals surface area contributed by atoms with E-state index >= 15 is 0 Å².